The third-order valence-electron chi connectivity index (χ3n) is 8.70. The van der Waals surface area contributed by atoms with Gasteiger partial charge in [0, 0.05) is 29.9 Å². The second-order valence-electron chi connectivity index (χ2n) is 10.3. The topological polar surface area (TPSA) is 59.0 Å². The van der Waals surface area contributed by atoms with Crippen LogP contribution < -0.4 is 4.74 Å². The summed E-state index contributed by atoms with van der Waals surface area (Å²) in [6.45, 7) is 1.35. The van der Waals surface area contributed by atoms with E-state index in [2.05, 4.69) is 60.5 Å². The van der Waals surface area contributed by atoms with Crippen molar-refractivity contribution in [3.8, 4) is 11.5 Å². The van der Waals surface area contributed by atoms with Crippen LogP contribution >= 0.6 is 0 Å². The molecule has 1 aliphatic heterocycles. The summed E-state index contributed by atoms with van der Waals surface area (Å²) in [5, 5.41) is 13.8. The summed E-state index contributed by atoms with van der Waals surface area (Å²) in [5.41, 5.74) is 2.01. The molecular formula is C29H31NO4. The predicted molar refractivity (Wildman–Crippen MR) is 131 cm³/mol. The van der Waals surface area contributed by atoms with E-state index in [-0.39, 0.29) is 17.6 Å². The van der Waals surface area contributed by atoms with Crippen LogP contribution in [0.5, 0.6) is 11.5 Å². The zero-order valence-corrected chi connectivity index (χ0v) is 19.8. The van der Waals surface area contributed by atoms with E-state index in [9.17, 15) is 9.90 Å². The summed E-state index contributed by atoms with van der Waals surface area (Å²) >= 11 is 0. The predicted octanol–water partition coefficient (Wildman–Crippen LogP) is 4.76. The normalized spacial score (nSPS) is 28.4. The molecule has 0 spiro atoms. The Bertz CT molecular complexity index is 1290. The average molecular weight is 458 g/mol. The zero-order chi connectivity index (χ0) is 23.5. The molecule has 5 nitrogen and oxygen atoms in total. The minimum Gasteiger partial charge on any atom is -0.504 e. The van der Waals surface area contributed by atoms with Gasteiger partial charge in [-0.3, -0.25) is 4.79 Å². The van der Waals surface area contributed by atoms with E-state index >= 15 is 0 Å². The van der Waals surface area contributed by atoms with E-state index in [4.69, 9.17) is 9.47 Å². The standard InChI is InChI=1S/C29H31NO4/c1-30-14-13-28-17-23(31)11-12-29(28,25(30)16-22-9-10-24(33-2)27(32)26(22)28)34-18-19-7-8-20-5-3-4-6-21(20)15-19/h3-10,15,25,32H,11-14,16-18H2,1-2H3/t25-,28-,29-/m1/s1. The molecule has 2 bridgehead atoms. The van der Waals surface area contributed by atoms with Gasteiger partial charge in [0.1, 0.15) is 5.78 Å². The van der Waals surface area contributed by atoms with Gasteiger partial charge in [0.15, 0.2) is 11.5 Å². The van der Waals surface area contributed by atoms with E-state index in [0.717, 1.165) is 36.1 Å². The summed E-state index contributed by atoms with van der Waals surface area (Å²) in [5.74, 6) is 0.895. The Morgan fingerprint density at radius 1 is 1.09 bits per heavy atom. The number of ketones is 1. The number of benzene rings is 3. The van der Waals surface area contributed by atoms with Gasteiger partial charge in [0.2, 0.25) is 0 Å². The highest BCUT2D eigenvalue weighted by Crippen LogP contribution is 2.62. The largest absolute Gasteiger partial charge is 0.504 e. The molecule has 0 aromatic heterocycles. The fourth-order valence-corrected chi connectivity index (χ4v) is 7.09. The Morgan fingerprint density at radius 3 is 2.74 bits per heavy atom. The lowest BCUT2D eigenvalue weighted by molar-refractivity contribution is -0.202. The molecule has 1 heterocycles. The summed E-state index contributed by atoms with van der Waals surface area (Å²) in [7, 11) is 3.75. The molecular weight excluding hydrogens is 426 g/mol. The number of Topliss-reactive ketones (excluding diaryl/α,β-unsaturated/α-hetero) is 1. The molecule has 1 saturated carbocycles. The van der Waals surface area contributed by atoms with Crippen LogP contribution in [0.15, 0.2) is 54.6 Å². The SMILES string of the molecule is COc1ccc2c(c1O)[C@]13CCN(C)[C@H](C2)[C@]1(OCc1ccc2ccccc2c1)CCC(=O)C3. The first-order chi connectivity index (χ1) is 16.5. The van der Waals surface area contributed by atoms with Crippen molar-refractivity contribution in [2.45, 2.75) is 55.8 Å². The molecule has 2 aliphatic carbocycles. The minimum absolute atomic E-state index is 0.148. The quantitative estimate of drug-likeness (QED) is 0.612. The van der Waals surface area contributed by atoms with E-state index in [1.165, 1.54) is 10.8 Å². The highest BCUT2D eigenvalue weighted by molar-refractivity contribution is 5.84. The number of carbonyl (C=O) groups excluding carboxylic acids is 1. The van der Waals surface area contributed by atoms with Gasteiger partial charge in [0.25, 0.3) is 0 Å². The maximum Gasteiger partial charge on any atom is 0.161 e. The van der Waals surface area contributed by atoms with Gasteiger partial charge in [-0.25, -0.2) is 0 Å². The number of piperidine rings is 1. The lowest BCUT2D eigenvalue weighted by Gasteiger charge is -2.64. The molecule has 0 amide bonds. The number of methoxy groups -OCH3 is 1. The fraction of sp³-hybridized carbons (Fsp3) is 0.414. The second-order valence-corrected chi connectivity index (χ2v) is 10.3. The number of carbonyl (C=O) groups is 1. The number of ether oxygens (including phenoxy) is 2. The maximum atomic E-state index is 13.0. The van der Waals surface area contributed by atoms with Crippen molar-refractivity contribution in [2.75, 3.05) is 20.7 Å². The third kappa shape index (κ3) is 2.96. The van der Waals surface area contributed by atoms with Gasteiger partial charge in [0.05, 0.1) is 19.3 Å². The highest BCUT2D eigenvalue weighted by atomic mass is 16.5. The highest BCUT2D eigenvalue weighted by Gasteiger charge is 2.66. The van der Waals surface area contributed by atoms with Crippen LogP contribution in [0.1, 0.15) is 42.4 Å². The summed E-state index contributed by atoms with van der Waals surface area (Å²) in [6.07, 6.45) is 3.16. The molecule has 1 saturated heterocycles. The van der Waals surface area contributed by atoms with E-state index < -0.39 is 11.0 Å². The van der Waals surface area contributed by atoms with Gasteiger partial charge < -0.3 is 19.5 Å². The smallest absolute Gasteiger partial charge is 0.161 e. The van der Waals surface area contributed by atoms with Gasteiger partial charge in [-0.2, -0.15) is 0 Å². The lowest BCUT2D eigenvalue weighted by atomic mass is 9.49. The minimum atomic E-state index is -0.553. The average Bonchev–Trinajstić information content (AvgIpc) is 2.85. The molecule has 0 radical (unpaired) electrons. The van der Waals surface area contributed by atoms with Crippen LogP contribution in [0.3, 0.4) is 0 Å². The first kappa shape index (κ1) is 21.6. The number of likely N-dealkylation sites (N-methyl/N-ethyl adjacent to an activating group) is 1. The van der Waals surface area contributed by atoms with Gasteiger partial charge in [-0.15, -0.1) is 0 Å². The molecule has 6 rings (SSSR count). The molecule has 3 atom stereocenters. The number of phenols is 1. The van der Waals surface area contributed by atoms with E-state index in [1.54, 1.807) is 7.11 Å². The Hall–Kier alpha value is -2.89. The molecule has 3 aromatic carbocycles. The van der Waals surface area contributed by atoms with Crippen LogP contribution in [0.4, 0.5) is 0 Å². The zero-order valence-electron chi connectivity index (χ0n) is 19.8. The number of hydrogen-bond donors (Lipinski definition) is 1. The monoisotopic (exact) mass is 457 g/mol. The fourth-order valence-electron chi connectivity index (χ4n) is 7.09. The lowest BCUT2D eigenvalue weighted by Crippen LogP contribution is -2.73. The maximum absolute atomic E-state index is 13.0. The second kappa shape index (κ2) is 7.82. The number of fused-ring (bicyclic) bond motifs is 2. The molecule has 176 valence electrons. The number of aromatic hydroxyl groups is 1. The van der Waals surface area contributed by atoms with Crippen LogP contribution in [0, 0.1) is 0 Å². The number of phenolic OH excluding ortho intramolecular Hbond substituents is 1. The Labute approximate surface area is 200 Å². The first-order valence-electron chi connectivity index (χ1n) is 12.2. The number of hydrogen-bond acceptors (Lipinski definition) is 5. The van der Waals surface area contributed by atoms with Crippen LogP contribution in [0.2, 0.25) is 0 Å². The molecule has 5 heteroatoms. The van der Waals surface area contributed by atoms with Crippen LogP contribution in [0.25, 0.3) is 10.8 Å². The number of likely N-dealkylation sites (tertiary alicyclic amines) is 1. The van der Waals surface area contributed by atoms with Gasteiger partial charge >= 0.3 is 0 Å². The summed E-state index contributed by atoms with van der Waals surface area (Å²) in [6, 6.07) is 18.9. The van der Waals surface area contributed by atoms with Crippen LogP contribution in [-0.2, 0) is 28.0 Å². The van der Waals surface area contributed by atoms with E-state index in [1.807, 2.05) is 6.07 Å². The third-order valence-corrected chi connectivity index (χ3v) is 8.70. The molecule has 3 aliphatic rings. The molecule has 1 N–H and O–H groups in total. The van der Waals surface area contributed by atoms with Crippen molar-refractivity contribution in [3.05, 3.63) is 71.3 Å². The van der Waals surface area contributed by atoms with E-state index in [0.29, 0.717) is 31.6 Å². The van der Waals surface area contributed by atoms with Gasteiger partial charge in [-0.1, -0.05) is 42.5 Å². The first-order valence-corrected chi connectivity index (χ1v) is 12.2. The molecule has 0 unspecified atom stereocenters. The summed E-state index contributed by atoms with van der Waals surface area (Å²) in [4.78, 5) is 15.4. The Balaban J connectivity index is 1.47. The Kier molecular flexibility index (Phi) is 4.98. The van der Waals surface area contributed by atoms with Gasteiger partial charge in [-0.05, 0) is 66.9 Å². The van der Waals surface area contributed by atoms with Crippen molar-refractivity contribution >= 4 is 16.6 Å². The van der Waals surface area contributed by atoms with Crippen molar-refractivity contribution in [3.63, 3.8) is 0 Å². The molecule has 34 heavy (non-hydrogen) atoms. The molecule has 3 aromatic rings. The molecule has 2 fully saturated rings. The van der Waals surface area contributed by atoms with Crippen molar-refractivity contribution in [1.82, 2.24) is 4.90 Å². The van der Waals surface area contributed by atoms with Crippen LogP contribution in [-0.4, -0.2) is 48.1 Å². The van der Waals surface area contributed by atoms with Crippen molar-refractivity contribution in [1.29, 1.82) is 0 Å². The number of nitrogens with zero attached hydrogens (tertiary/aromatic N) is 1. The summed E-state index contributed by atoms with van der Waals surface area (Å²) < 4.78 is 12.5. The number of rotatable bonds is 4. The van der Waals surface area contributed by atoms with Crippen molar-refractivity contribution < 1.29 is 19.4 Å². The van der Waals surface area contributed by atoms with Crippen molar-refractivity contribution in [2.24, 2.45) is 0 Å². The Morgan fingerprint density at radius 2 is 1.91 bits per heavy atom.